The molecule has 0 saturated carbocycles. The van der Waals surface area contributed by atoms with Gasteiger partial charge in [-0.15, -0.1) is 0 Å². The smallest absolute Gasteiger partial charge is 0.172 e. The largest absolute Gasteiger partial charge is 0.381 e. The first-order chi connectivity index (χ1) is 8.72. The van der Waals surface area contributed by atoms with Crippen LogP contribution in [0, 0.1) is 6.92 Å². The molecule has 0 aliphatic carbocycles. The van der Waals surface area contributed by atoms with Crippen molar-refractivity contribution in [2.24, 2.45) is 0 Å². The maximum atomic E-state index is 5.75. The van der Waals surface area contributed by atoms with Gasteiger partial charge in [0.2, 0.25) is 0 Å². The van der Waals surface area contributed by atoms with Crippen molar-refractivity contribution in [3.05, 3.63) is 36.2 Å². The van der Waals surface area contributed by atoms with Crippen LogP contribution < -0.4 is 5.73 Å². The van der Waals surface area contributed by atoms with E-state index in [4.69, 9.17) is 5.73 Å². The van der Waals surface area contributed by atoms with E-state index in [1.807, 2.05) is 19.1 Å². The Bertz CT molecular complexity index is 707. The van der Waals surface area contributed by atoms with E-state index in [0.29, 0.717) is 10.8 Å². The van der Waals surface area contributed by atoms with Crippen molar-refractivity contribution >= 4 is 28.6 Å². The number of nitrogens with zero attached hydrogens (tertiary/aromatic N) is 3. The van der Waals surface area contributed by atoms with Gasteiger partial charge in [0.1, 0.15) is 5.03 Å². The van der Waals surface area contributed by atoms with Crippen LogP contribution >= 0.6 is 11.8 Å². The van der Waals surface area contributed by atoms with Crippen molar-refractivity contribution in [1.29, 1.82) is 0 Å². The number of fused-ring (bicyclic) bond motifs is 1. The minimum atomic E-state index is 0.416. The highest BCUT2D eigenvalue weighted by atomic mass is 32.2. The van der Waals surface area contributed by atoms with Gasteiger partial charge in [-0.3, -0.25) is 0 Å². The van der Waals surface area contributed by atoms with Crippen LogP contribution in [0.15, 0.2) is 40.8 Å². The Labute approximate surface area is 108 Å². The molecule has 3 N–H and O–H groups in total. The van der Waals surface area contributed by atoms with Crippen LogP contribution in [0.25, 0.3) is 11.0 Å². The summed E-state index contributed by atoms with van der Waals surface area (Å²) in [5.41, 5.74) is 8.90. The highest BCUT2D eigenvalue weighted by molar-refractivity contribution is 7.99. The molecule has 0 radical (unpaired) electrons. The SMILES string of the molecule is Cc1ccc2nc(Sc3nccnc3N)[nH]c2c1. The summed E-state index contributed by atoms with van der Waals surface area (Å²) in [7, 11) is 0. The molecule has 6 heteroatoms. The number of nitrogens with two attached hydrogens (primary N) is 1. The number of aryl methyl sites for hydroxylation is 1. The molecule has 0 unspecified atom stereocenters. The van der Waals surface area contributed by atoms with E-state index in [2.05, 4.69) is 26.0 Å². The van der Waals surface area contributed by atoms with Gasteiger partial charge >= 0.3 is 0 Å². The first kappa shape index (κ1) is 11.0. The van der Waals surface area contributed by atoms with Crippen LogP contribution in [0.1, 0.15) is 5.56 Å². The molecule has 0 fully saturated rings. The number of rotatable bonds is 2. The van der Waals surface area contributed by atoms with Gasteiger partial charge in [-0.25, -0.2) is 15.0 Å². The quantitative estimate of drug-likeness (QED) is 0.736. The van der Waals surface area contributed by atoms with Crippen molar-refractivity contribution in [2.75, 3.05) is 5.73 Å². The maximum Gasteiger partial charge on any atom is 0.172 e. The Morgan fingerprint density at radius 2 is 2.06 bits per heavy atom. The molecule has 0 amide bonds. The second kappa shape index (κ2) is 4.30. The van der Waals surface area contributed by atoms with E-state index in [1.165, 1.54) is 17.3 Å². The molecule has 0 aliphatic heterocycles. The fourth-order valence-corrected chi connectivity index (χ4v) is 2.41. The number of aromatic amines is 1. The molecule has 0 saturated heterocycles. The second-order valence-electron chi connectivity index (χ2n) is 3.91. The number of aromatic nitrogens is 4. The molecule has 3 aromatic rings. The van der Waals surface area contributed by atoms with Crippen LogP contribution in [-0.2, 0) is 0 Å². The molecular weight excluding hydrogens is 246 g/mol. The summed E-state index contributed by atoms with van der Waals surface area (Å²) in [5, 5.41) is 1.43. The number of imidazole rings is 1. The molecule has 0 spiro atoms. The van der Waals surface area contributed by atoms with Crippen molar-refractivity contribution in [2.45, 2.75) is 17.1 Å². The fourth-order valence-electron chi connectivity index (χ4n) is 1.65. The summed E-state index contributed by atoms with van der Waals surface area (Å²) in [4.78, 5) is 15.9. The first-order valence-electron chi connectivity index (χ1n) is 5.43. The third kappa shape index (κ3) is 2.02. The average molecular weight is 257 g/mol. The van der Waals surface area contributed by atoms with Gasteiger partial charge in [-0.2, -0.15) is 0 Å². The number of benzene rings is 1. The van der Waals surface area contributed by atoms with E-state index in [0.717, 1.165) is 16.2 Å². The van der Waals surface area contributed by atoms with Gasteiger partial charge in [0.05, 0.1) is 11.0 Å². The summed E-state index contributed by atoms with van der Waals surface area (Å²) in [6.45, 7) is 2.05. The minimum Gasteiger partial charge on any atom is -0.381 e. The zero-order valence-corrected chi connectivity index (χ0v) is 10.5. The molecule has 1 aromatic carbocycles. The van der Waals surface area contributed by atoms with Crippen LogP contribution in [0.4, 0.5) is 5.82 Å². The lowest BCUT2D eigenvalue weighted by atomic mass is 10.2. The molecule has 90 valence electrons. The fraction of sp³-hybridized carbons (Fsp3) is 0.0833. The van der Waals surface area contributed by atoms with Crippen LogP contribution in [-0.4, -0.2) is 19.9 Å². The van der Waals surface area contributed by atoms with E-state index < -0.39 is 0 Å². The number of H-pyrrole nitrogens is 1. The third-order valence-electron chi connectivity index (χ3n) is 2.50. The molecule has 0 atom stereocenters. The van der Waals surface area contributed by atoms with E-state index >= 15 is 0 Å². The number of hydrogen-bond acceptors (Lipinski definition) is 5. The van der Waals surface area contributed by atoms with Crippen molar-refractivity contribution in [1.82, 2.24) is 19.9 Å². The van der Waals surface area contributed by atoms with Crippen molar-refractivity contribution in [3.63, 3.8) is 0 Å². The Balaban J connectivity index is 1.98. The molecule has 18 heavy (non-hydrogen) atoms. The third-order valence-corrected chi connectivity index (χ3v) is 3.39. The molecule has 2 aromatic heterocycles. The highest BCUT2D eigenvalue weighted by Crippen LogP contribution is 2.28. The number of nitrogens with one attached hydrogen (secondary N) is 1. The molecular formula is C12H11N5S. The predicted molar refractivity (Wildman–Crippen MR) is 71.4 cm³/mol. The number of anilines is 1. The van der Waals surface area contributed by atoms with Gasteiger partial charge < -0.3 is 10.7 Å². The Kier molecular flexibility index (Phi) is 2.64. The lowest BCUT2D eigenvalue weighted by molar-refractivity contribution is 1.03. The Morgan fingerprint density at radius 1 is 1.22 bits per heavy atom. The van der Waals surface area contributed by atoms with Crippen LogP contribution in [0.2, 0.25) is 0 Å². The summed E-state index contributed by atoms with van der Waals surface area (Å²) in [6.07, 6.45) is 3.19. The van der Waals surface area contributed by atoms with Gasteiger partial charge in [-0.1, -0.05) is 6.07 Å². The van der Waals surface area contributed by atoms with E-state index in [9.17, 15) is 0 Å². The summed E-state index contributed by atoms with van der Waals surface area (Å²) >= 11 is 1.38. The molecule has 3 rings (SSSR count). The zero-order valence-electron chi connectivity index (χ0n) is 9.71. The Hall–Kier alpha value is -2.08. The normalized spacial score (nSPS) is 10.9. The Morgan fingerprint density at radius 3 is 2.89 bits per heavy atom. The molecule has 0 bridgehead atoms. The van der Waals surface area contributed by atoms with Crippen molar-refractivity contribution in [3.8, 4) is 0 Å². The first-order valence-corrected chi connectivity index (χ1v) is 6.25. The minimum absolute atomic E-state index is 0.416. The average Bonchev–Trinajstić information content (AvgIpc) is 2.73. The lowest BCUT2D eigenvalue weighted by Gasteiger charge is -1.98. The molecule has 0 aliphatic rings. The molecule has 5 nitrogen and oxygen atoms in total. The lowest BCUT2D eigenvalue weighted by Crippen LogP contribution is -1.94. The zero-order chi connectivity index (χ0) is 12.5. The topological polar surface area (TPSA) is 80.5 Å². The van der Waals surface area contributed by atoms with Gasteiger partial charge in [0, 0.05) is 12.4 Å². The maximum absolute atomic E-state index is 5.75. The standard InChI is InChI=1S/C12H11N5S/c1-7-2-3-8-9(6-7)17-12(16-8)18-11-10(13)14-4-5-15-11/h2-6H,1H3,(H2,13,14)(H,16,17). The van der Waals surface area contributed by atoms with Gasteiger partial charge in [0.15, 0.2) is 11.0 Å². The van der Waals surface area contributed by atoms with Crippen molar-refractivity contribution < 1.29 is 0 Å². The summed E-state index contributed by atoms with van der Waals surface area (Å²) < 4.78 is 0. The van der Waals surface area contributed by atoms with Gasteiger partial charge in [0.25, 0.3) is 0 Å². The van der Waals surface area contributed by atoms with E-state index in [1.54, 1.807) is 12.4 Å². The number of hydrogen-bond donors (Lipinski definition) is 2. The monoisotopic (exact) mass is 257 g/mol. The summed E-state index contributed by atoms with van der Waals surface area (Å²) in [6, 6.07) is 6.09. The number of nitrogen functional groups attached to an aromatic ring is 1. The predicted octanol–water partition coefficient (Wildman–Crippen LogP) is 2.39. The highest BCUT2D eigenvalue weighted by Gasteiger charge is 2.08. The summed E-state index contributed by atoms with van der Waals surface area (Å²) in [5.74, 6) is 0.416. The van der Waals surface area contributed by atoms with Crippen LogP contribution in [0.3, 0.4) is 0 Å². The van der Waals surface area contributed by atoms with E-state index in [-0.39, 0.29) is 0 Å². The van der Waals surface area contributed by atoms with Gasteiger partial charge in [-0.05, 0) is 36.4 Å². The second-order valence-corrected chi connectivity index (χ2v) is 4.89. The van der Waals surface area contributed by atoms with Crippen LogP contribution in [0.5, 0.6) is 0 Å². The molecule has 2 heterocycles.